The van der Waals surface area contributed by atoms with Gasteiger partial charge in [0.1, 0.15) is 0 Å². The van der Waals surface area contributed by atoms with Crippen molar-refractivity contribution in [2.45, 2.75) is 0 Å². The lowest BCUT2D eigenvalue weighted by atomic mass is 10.4. The topological polar surface area (TPSA) is 61.9 Å². The fraction of sp³-hybridized carbons (Fsp3) is 1.00. The van der Waals surface area contributed by atoms with E-state index in [2.05, 4.69) is 9.80 Å². The second kappa shape index (κ2) is 19.9. The zero-order valence-corrected chi connectivity index (χ0v) is 18.2. The quantitative estimate of drug-likeness (QED) is 0.283. The predicted octanol–water partition coefficient (Wildman–Crippen LogP) is 1.15. The van der Waals surface area contributed by atoms with E-state index in [0.717, 1.165) is 39.3 Å². The van der Waals surface area contributed by atoms with Crippen molar-refractivity contribution in [3.8, 4) is 0 Å². The lowest BCUT2D eigenvalue weighted by Gasteiger charge is -2.24. The van der Waals surface area contributed by atoms with Crippen LogP contribution in [-0.2, 0) is 28.0 Å². The Morgan fingerprint density at radius 3 is 1.04 bits per heavy atom. The Morgan fingerprint density at radius 1 is 0.500 bits per heavy atom. The van der Waals surface area contributed by atoms with E-state index in [1.165, 1.54) is 0 Å². The Hall–Kier alpha value is 0.110. The Morgan fingerprint density at radius 2 is 0.769 bits per heavy atom. The molecule has 0 saturated heterocycles. The predicted molar refractivity (Wildman–Crippen MR) is 105 cm³/mol. The summed E-state index contributed by atoms with van der Waals surface area (Å²) in [7, 11) is 5.99. The fourth-order valence-corrected chi connectivity index (χ4v) is 2.94. The highest BCUT2D eigenvalue weighted by molar-refractivity contribution is 7.46. The maximum absolute atomic E-state index is 5.83. The van der Waals surface area contributed by atoms with Crippen molar-refractivity contribution < 1.29 is 28.0 Å². The molecule has 26 heavy (non-hydrogen) atoms. The highest BCUT2D eigenvalue weighted by Gasteiger charge is 2.09. The minimum atomic E-state index is -0.872. The third-order valence-electron chi connectivity index (χ3n) is 3.81. The lowest BCUT2D eigenvalue weighted by molar-refractivity contribution is 0.0974. The van der Waals surface area contributed by atoms with E-state index in [1.54, 1.807) is 28.4 Å². The second-order valence-electron chi connectivity index (χ2n) is 5.76. The fourth-order valence-electron chi connectivity index (χ4n) is 2.19. The monoisotopic (exact) mass is 398 g/mol. The van der Waals surface area contributed by atoms with Gasteiger partial charge in [-0.05, 0) is 0 Å². The summed E-state index contributed by atoms with van der Waals surface area (Å²) >= 11 is 0. The van der Waals surface area contributed by atoms with Crippen LogP contribution in [0.1, 0.15) is 0 Å². The molecule has 0 aromatic carbocycles. The SMILES string of the molecule is COCCN(CCOC)CCOP(C)OCCN(CCOC)CCOC. The first-order valence-corrected chi connectivity index (χ1v) is 10.7. The molecule has 0 fully saturated rings. The van der Waals surface area contributed by atoms with Crippen molar-refractivity contribution >= 4 is 8.38 Å². The molecule has 9 heteroatoms. The Labute approximate surface area is 160 Å². The van der Waals surface area contributed by atoms with E-state index in [4.69, 9.17) is 28.0 Å². The summed E-state index contributed by atoms with van der Waals surface area (Å²) in [4.78, 5) is 4.54. The van der Waals surface area contributed by atoms with E-state index in [1.807, 2.05) is 6.66 Å². The molecular weight excluding hydrogens is 359 g/mol. The average Bonchev–Trinajstić information content (AvgIpc) is 2.65. The van der Waals surface area contributed by atoms with Crippen LogP contribution in [0.25, 0.3) is 0 Å². The molecule has 0 aromatic rings. The normalized spacial score (nSPS) is 12.0. The molecule has 0 radical (unpaired) electrons. The van der Waals surface area contributed by atoms with Crippen LogP contribution in [0.4, 0.5) is 0 Å². The van der Waals surface area contributed by atoms with E-state index in [-0.39, 0.29) is 0 Å². The van der Waals surface area contributed by atoms with Gasteiger partial charge in [0, 0.05) is 74.4 Å². The zero-order chi connectivity index (χ0) is 19.5. The van der Waals surface area contributed by atoms with Crippen molar-refractivity contribution in [1.29, 1.82) is 0 Å². The third-order valence-corrected chi connectivity index (χ3v) is 4.90. The van der Waals surface area contributed by atoms with Crippen molar-refractivity contribution in [2.75, 3.05) is 114 Å². The molecule has 0 atom stereocenters. The Balaban J connectivity index is 3.90. The lowest BCUT2D eigenvalue weighted by Crippen LogP contribution is -2.34. The molecule has 0 bridgehead atoms. The molecule has 0 aliphatic rings. The van der Waals surface area contributed by atoms with Gasteiger partial charge in [-0.3, -0.25) is 9.80 Å². The summed E-state index contributed by atoms with van der Waals surface area (Å²) in [6.07, 6.45) is 0. The molecule has 0 N–H and O–H groups in total. The minimum absolute atomic E-state index is 0.646. The first-order chi connectivity index (χ1) is 12.7. The number of methoxy groups -OCH3 is 4. The number of rotatable bonds is 20. The molecule has 0 aliphatic heterocycles. The first-order valence-electron chi connectivity index (χ1n) is 9.07. The van der Waals surface area contributed by atoms with Gasteiger partial charge in [0.15, 0.2) is 8.38 Å². The molecule has 0 spiro atoms. The van der Waals surface area contributed by atoms with Gasteiger partial charge >= 0.3 is 0 Å². The largest absolute Gasteiger partial charge is 0.383 e. The summed E-state index contributed by atoms with van der Waals surface area (Å²) in [6, 6.07) is 0. The Kier molecular flexibility index (Phi) is 19.9. The van der Waals surface area contributed by atoms with Crippen LogP contribution < -0.4 is 0 Å². The van der Waals surface area contributed by atoms with Crippen LogP contribution in [0.5, 0.6) is 0 Å². The molecule has 0 amide bonds. The summed E-state index contributed by atoms with van der Waals surface area (Å²) < 4.78 is 32.2. The average molecular weight is 398 g/mol. The van der Waals surface area contributed by atoms with Gasteiger partial charge in [-0.2, -0.15) is 0 Å². The molecule has 0 aromatic heterocycles. The van der Waals surface area contributed by atoms with E-state index in [9.17, 15) is 0 Å². The first kappa shape index (κ1) is 26.1. The van der Waals surface area contributed by atoms with Gasteiger partial charge in [0.05, 0.1) is 39.6 Å². The van der Waals surface area contributed by atoms with Crippen LogP contribution in [0.2, 0.25) is 0 Å². The van der Waals surface area contributed by atoms with Crippen LogP contribution in [0.3, 0.4) is 0 Å². The van der Waals surface area contributed by atoms with E-state index < -0.39 is 8.38 Å². The standard InChI is InChI=1S/C17H39N2O6P/c1-20-12-6-18(7-13-21-2)10-16-24-26(5)25-17-11-19(8-14-22-3)9-15-23-4/h6-17H2,1-5H3. The molecular formula is C17H39N2O6P. The van der Waals surface area contributed by atoms with Gasteiger partial charge in [-0.15, -0.1) is 0 Å². The number of hydrogen-bond donors (Lipinski definition) is 0. The van der Waals surface area contributed by atoms with Crippen molar-refractivity contribution in [3.63, 3.8) is 0 Å². The van der Waals surface area contributed by atoms with Gasteiger partial charge in [0.2, 0.25) is 0 Å². The smallest absolute Gasteiger partial charge is 0.167 e. The van der Waals surface area contributed by atoms with Gasteiger partial charge in [0.25, 0.3) is 0 Å². The second-order valence-corrected chi connectivity index (χ2v) is 7.16. The minimum Gasteiger partial charge on any atom is -0.383 e. The highest BCUT2D eigenvalue weighted by atomic mass is 31.2. The molecule has 0 unspecified atom stereocenters. The third kappa shape index (κ3) is 16.3. The number of nitrogens with zero attached hydrogens (tertiary/aromatic N) is 2. The van der Waals surface area contributed by atoms with Crippen LogP contribution in [0, 0.1) is 0 Å². The maximum Gasteiger partial charge on any atom is 0.167 e. The summed E-state index contributed by atoms with van der Waals surface area (Å²) in [5, 5.41) is 0. The molecule has 8 nitrogen and oxygen atoms in total. The van der Waals surface area contributed by atoms with E-state index >= 15 is 0 Å². The summed E-state index contributed by atoms with van der Waals surface area (Å²) in [5.74, 6) is 0. The van der Waals surface area contributed by atoms with Gasteiger partial charge in [-0.1, -0.05) is 0 Å². The molecule has 0 aliphatic carbocycles. The van der Waals surface area contributed by atoms with Crippen molar-refractivity contribution in [2.24, 2.45) is 0 Å². The van der Waals surface area contributed by atoms with Gasteiger partial charge in [-0.25, -0.2) is 0 Å². The van der Waals surface area contributed by atoms with Crippen LogP contribution in [0.15, 0.2) is 0 Å². The maximum atomic E-state index is 5.83. The van der Waals surface area contributed by atoms with Crippen LogP contribution >= 0.6 is 8.38 Å². The molecule has 0 rings (SSSR count). The van der Waals surface area contributed by atoms with Gasteiger partial charge < -0.3 is 28.0 Å². The number of ether oxygens (including phenoxy) is 4. The van der Waals surface area contributed by atoms with E-state index in [0.29, 0.717) is 39.6 Å². The zero-order valence-electron chi connectivity index (χ0n) is 17.3. The number of hydrogen-bond acceptors (Lipinski definition) is 8. The van der Waals surface area contributed by atoms with Crippen LogP contribution in [-0.4, -0.2) is 124 Å². The summed E-state index contributed by atoms with van der Waals surface area (Å²) in [6.45, 7) is 11.3. The summed E-state index contributed by atoms with van der Waals surface area (Å²) in [5.41, 5.74) is 0. The molecule has 0 saturated carbocycles. The molecule has 0 heterocycles. The van der Waals surface area contributed by atoms with Crippen molar-refractivity contribution in [3.05, 3.63) is 0 Å². The van der Waals surface area contributed by atoms with Crippen molar-refractivity contribution in [1.82, 2.24) is 9.80 Å². The Bertz CT molecular complexity index is 250. The molecule has 158 valence electrons. The highest BCUT2D eigenvalue weighted by Crippen LogP contribution is 2.32.